The van der Waals surface area contributed by atoms with E-state index in [1.807, 2.05) is 0 Å². The van der Waals surface area contributed by atoms with E-state index >= 15 is 0 Å². The molecular weight excluding hydrogens is 378 g/mol. The van der Waals surface area contributed by atoms with Crippen molar-refractivity contribution in [1.82, 2.24) is 0 Å². The molecule has 0 unspecified atom stereocenters. The van der Waals surface area contributed by atoms with E-state index in [1.165, 1.54) is 48.5 Å². The zero-order chi connectivity index (χ0) is 18.8. The highest BCUT2D eigenvalue weighted by Gasteiger charge is 2.36. The van der Waals surface area contributed by atoms with Gasteiger partial charge in [0.1, 0.15) is 5.69 Å². The highest BCUT2D eigenvalue weighted by Crippen LogP contribution is 2.39. The molecule has 0 saturated carbocycles. The number of thioether (sulfide) groups is 1. The summed E-state index contributed by atoms with van der Waals surface area (Å²) in [6.45, 7) is 0. The second-order valence-electron chi connectivity index (χ2n) is 5.11. The molecule has 1 heterocycles. The molecule has 2 aromatic rings. The number of carbonyl (C=O) groups is 1. The van der Waals surface area contributed by atoms with E-state index in [2.05, 4.69) is 0 Å². The monoisotopic (exact) mass is 387 g/mol. The zero-order valence-electron chi connectivity index (χ0n) is 12.9. The maximum atomic E-state index is 12.7. The second kappa shape index (κ2) is 7.02. The Hall–Kier alpha value is -3.11. The van der Waals surface area contributed by atoms with Gasteiger partial charge < -0.3 is 0 Å². The third-order valence-corrected chi connectivity index (χ3v) is 4.82. The number of benzene rings is 2. The topological polar surface area (TPSA) is 107 Å². The highest BCUT2D eigenvalue weighted by atomic mass is 32.2. The van der Waals surface area contributed by atoms with Gasteiger partial charge in [-0.05, 0) is 29.8 Å². The number of hydrogen-bond acceptors (Lipinski definition) is 7. The van der Waals surface area contributed by atoms with Gasteiger partial charge in [-0.3, -0.25) is 29.9 Å². The molecule has 0 aromatic heterocycles. The maximum Gasteiger partial charge on any atom is 0.293 e. The average molecular weight is 387 g/mol. The van der Waals surface area contributed by atoms with Crippen molar-refractivity contribution in [3.63, 3.8) is 0 Å². The lowest BCUT2D eigenvalue weighted by Gasteiger charge is -2.14. The van der Waals surface area contributed by atoms with Crippen molar-refractivity contribution < 1.29 is 14.6 Å². The number of nitro groups is 2. The molecule has 0 N–H and O–H groups in total. The van der Waals surface area contributed by atoms with Crippen molar-refractivity contribution in [1.29, 1.82) is 0 Å². The summed E-state index contributed by atoms with van der Waals surface area (Å²) in [7, 11) is 0. The number of carbonyl (C=O) groups excluding carboxylic acids is 1. The predicted octanol–water partition coefficient (Wildman–Crippen LogP) is 3.91. The molecule has 1 aliphatic rings. The van der Waals surface area contributed by atoms with Gasteiger partial charge in [-0.25, -0.2) is 0 Å². The van der Waals surface area contributed by atoms with Gasteiger partial charge in [-0.1, -0.05) is 36.1 Å². The minimum absolute atomic E-state index is 0.0605. The number of thiocarbonyl (C=S) groups is 1. The van der Waals surface area contributed by atoms with Crippen LogP contribution in [-0.2, 0) is 4.79 Å². The minimum Gasteiger partial charge on any atom is -0.268 e. The van der Waals surface area contributed by atoms with Gasteiger partial charge in [-0.2, -0.15) is 0 Å². The lowest BCUT2D eigenvalue weighted by molar-refractivity contribution is -0.384. The number of hydrogen-bond donors (Lipinski definition) is 0. The molecule has 130 valence electrons. The Morgan fingerprint density at radius 3 is 2.27 bits per heavy atom. The zero-order valence-corrected chi connectivity index (χ0v) is 14.5. The molecule has 0 bridgehead atoms. The number of nitro benzene ring substituents is 2. The molecule has 1 amide bonds. The van der Waals surface area contributed by atoms with Crippen molar-refractivity contribution in [2.45, 2.75) is 0 Å². The summed E-state index contributed by atoms with van der Waals surface area (Å²) in [4.78, 5) is 34.9. The van der Waals surface area contributed by atoms with Crippen LogP contribution in [-0.4, -0.2) is 20.1 Å². The second-order valence-corrected chi connectivity index (χ2v) is 6.79. The van der Waals surface area contributed by atoms with Crippen LogP contribution in [0.2, 0.25) is 0 Å². The molecule has 1 saturated heterocycles. The van der Waals surface area contributed by atoms with E-state index in [-0.39, 0.29) is 26.3 Å². The number of anilines is 1. The van der Waals surface area contributed by atoms with Crippen molar-refractivity contribution in [2.75, 3.05) is 4.90 Å². The van der Waals surface area contributed by atoms with Gasteiger partial charge in [0.05, 0.1) is 14.8 Å². The van der Waals surface area contributed by atoms with Crippen LogP contribution in [0.4, 0.5) is 17.1 Å². The lowest BCUT2D eigenvalue weighted by Crippen LogP contribution is -2.28. The first-order valence-electron chi connectivity index (χ1n) is 7.14. The summed E-state index contributed by atoms with van der Waals surface area (Å²) >= 11 is 6.22. The molecule has 1 aliphatic heterocycles. The molecule has 0 atom stereocenters. The molecule has 0 radical (unpaired) electrons. The van der Waals surface area contributed by atoms with Crippen LogP contribution in [0.3, 0.4) is 0 Å². The largest absolute Gasteiger partial charge is 0.293 e. The highest BCUT2D eigenvalue weighted by molar-refractivity contribution is 8.27. The maximum absolute atomic E-state index is 12.7. The van der Waals surface area contributed by atoms with Gasteiger partial charge in [0.2, 0.25) is 0 Å². The van der Waals surface area contributed by atoms with Gasteiger partial charge >= 0.3 is 0 Å². The minimum atomic E-state index is -0.575. The SMILES string of the molecule is O=C1/C(=C\c2ccc([N+](=O)[O-])cc2)SC(=S)N1c1ccccc1[N+](=O)[O-]. The average Bonchev–Trinajstić information content (AvgIpc) is 2.89. The summed E-state index contributed by atoms with van der Waals surface area (Å²) in [6.07, 6.45) is 1.54. The number of non-ortho nitro benzene ring substituents is 1. The Kier molecular flexibility index (Phi) is 4.78. The van der Waals surface area contributed by atoms with Crippen LogP contribution in [0.1, 0.15) is 5.56 Å². The van der Waals surface area contributed by atoms with Crippen LogP contribution < -0.4 is 4.90 Å². The van der Waals surface area contributed by atoms with Gasteiger partial charge in [0.15, 0.2) is 4.32 Å². The Labute approximate surface area is 156 Å². The van der Waals surface area contributed by atoms with Crippen LogP contribution in [0.5, 0.6) is 0 Å². The van der Waals surface area contributed by atoms with E-state index in [1.54, 1.807) is 6.07 Å². The molecule has 26 heavy (non-hydrogen) atoms. The number of nitrogens with zero attached hydrogens (tertiary/aromatic N) is 3. The van der Waals surface area contributed by atoms with Gasteiger partial charge in [-0.15, -0.1) is 0 Å². The van der Waals surface area contributed by atoms with E-state index in [0.29, 0.717) is 5.56 Å². The fourth-order valence-electron chi connectivity index (χ4n) is 2.33. The predicted molar refractivity (Wildman–Crippen MR) is 102 cm³/mol. The Morgan fingerprint density at radius 1 is 1.00 bits per heavy atom. The van der Waals surface area contributed by atoms with Gasteiger partial charge in [0.25, 0.3) is 17.3 Å². The summed E-state index contributed by atoms with van der Waals surface area (Å²) in [5.74, 6) is -0.479. The summed E-state index contributed by atoms with van der Waals surface area (Å²) < 4.78 is 0.178. The molecule has 2 aromatic carbocycles. The molecule has 0 aliphatic carbocycles. The van der Waals surface area contributed by atoms with Crippen LogP contribution in [0.25, 0.3) is 6.08 Å². The molecule has 1 fully saturated rings. The Balaban J connectivity index is 1.94. The molecule has 3 rings (SSSR count). The smallest absolute Gasteiger partial charge is 0.268 e. The Bertz CT molecular complexity index is 972. The third kappa shape index (κ3) is 3.32. The first-order valence-corrected chi connectivity index (χ1v) is 8.37. The van der Waals surface area contributed by atoms with E-state index < -0.39 is 15.8 Å². The van der Waals surface area contributed by atoms with E-state index in [0.717, 1.165) is 16.7 Å². The first kappa shape index (κ1) is 17.7. The number of para-hydroxylation sites is 2. The summed E-state index contributed by atoms with van der Waals surface area (Å²) in [5.41, 5.74) is 0.403. The van der Waals surface area contributed by atoms with Crippen LogP contribution in [0.15, 0.2) is 53.4 Å². The first-order chi connectivity index (χ1) is 12.4. The quantitative estimate of drug-likeness (QED) is 0.339. The molecule has 8 nitrogen and oxygen atoms in total. The van der Waals surface area contributed by atoms with Crippen molar-refractivity contribution >= 4 is 57.3 Å². The van der Waals surface area contributed by atoms with Crippen LogP contribution >= 0.6 is 24.0 Å². The van der Waals surface area contributed by atoms with Crippen molar-refractivity contribution in [3.05, 3.63) is 79.2 Å². The fourth-order valence-corrected chi connectivity index (χ4v) is 3.61. The summed E-state index contributed by atoms with van der Waals surface area (Å²) in [5, 5.41) is 21.9. The van der Waals surface area contributed by atoms with Crippen molar-refractivity contribution in [2.24, 2.45) is 0 Å². The number of amides is 1. The van der Waals surface area contributed by atoms with E-state index in [4.69, 9.17) is 12.2 Å². The Morgan fingerprint density at radius 2 is 1.65 bits per heavy atom. The standard InChI is InChI=1S/C16H9N3O5S2/c20-15-14(9-10-5-7-11(8-6-10)18(21)22)26-16(25)17(15)12-3-1-2-4-13(12)19(23)24/h1-9H/b14-9+. The summed E-state index contributed by atoms with van der Waals surface area (Å²) in [6, 6.07) is 11.5. The molecular formula is C16H9N3O5S2. The third-order valence-electron chi connectivity index (χ3n) is 3.51. The number of rotatable bonds is 4. The normalized spacial score (nSPS) is 15.5. The molecule has 0 spiro atoms. The molecule has 10 heteroatoms. The van der Waals surface area contributed by atoms with Gasteiger partial charge in [0, 0.05) is 18.2 Å². The fraction of sp³-hybridized carbons (Fsp3) is 0. The van der Waals surface area contributed by atoms with Crippen molar-refractivity contribution in [3.8, 4) is 0 Å². The van der Waals surface area contributed by atoms with E-state index in [9.17, 15) is 25.0 Å². The lowest BCUT2D eigenvalue weighted by atomic mass is 10.2. The van der Waals surface area contributed by atoms with Crippen LogP contribution in [0, 0.1) is 20.2 Å².